The lowest BCUT2D eigenvalue weighted by molar-refractivity contribution is 1.07. The van der Waals surface area contributed by atoms with Crippen molar-refractivity contribution in [3.63, 3.8) is 0 Å². The highest BCUT2D eigenvalue weighted by molar-refractivity contribution is 7.26. The number of hydrogen-bond acceptors (Lipinski definition) is 5. The molecule has 0 aliphatic heterocycles. The van der Waals surface area contributed by atoms with Crippen LogP contribution in [0.5, 0.6) is 0 Å². The first-order chi connectivity index (χ1) is 26.7. The van der Waals surface area contributed by atoms with Crippen LogP contribution in [0.2, 0.25) is 0 Å². The SMILES string of the molecule is c1ccc(-c2nc(-c3cc(-c4cccc5c4sc4ccccc45)cc(-c4cccc5c4sc4ccccc45)c3)nc(-c3ccc4ccccc4c3)n2)cc1. The number of fused-ring (bicyclic) bond motifs is 7. The zero-order chi connectivity index (χ0) is 35.6. The third-order valence-electron chi connectivity index (χ3n) is 10.3. The Labute approximate surface area is 319 Å². The van der Waals surface area contributed by atoms with Gasteiger partial charge in [0.25, 0.3) is 0 Å². The molecule has 0 radical (unpaired) electrons. The maximum Gasteiger partial charge on any atom is 0.164 e. The Bertz CT molecular complexity index is 3100. The maximum absolute atomic E-state index is 5.25. The van der Waals surface area contributed by atoms with Crippen molar-refractivity contribution in [2.75, 3.05) is 0 Å². The molecule has 0 atom stereocenters. The van der Waals surface area contributed by atoms with Gasteiger partial charge in [-0.2, -0.15) is 0 Å². The van der Waals surface area contributed by atoms with E-state index < -0.39 is 0 Å². The van der Waals surface area contributed by atoms with Crippen LogP contribution >= 0.6 is 22.7 Å². The second-order valence-electron chi connectivity index (χ2n) is 13.6. The van der Waals surface area contributed by atoms with Gasteiger partial charge in [0, 0.05) is 57.0 Å². The molecule has 0 N–H and O–H groups in total. The van der Waals surface area contributed by atoms with E-state index in [-0.39, 0.29) is 0 Å². The zero-order valence-corrected chi connectivity index (χ0v) is 30.5. The lowest BCUT2D eigenvalue weighted by atomic mass is 9.94. The molecule has 0 saturated carbocycles. The highest BCUT2D eigenvalue weighted by Crippen LogP contribution is 2.44. The Balaban J connectivity index is 1.19. The molecule has 0 spiro atoms. The van der Waals surface area contributed by atoms with Gasteiger partial charge in [-0.3, -0.25) is 0 Å². The summed E-state index contributed by atoms with van der Waals surface area (Å²) >= 11 is 3.71. The van der Waals surface area contributed by atoms with Crippen molar-refractivity contribution in [3.8, 4) is 56.4 Å². The summed E-state index contributed by atoms with van der Waals surface area (Å²) in [6.07, 6.45) is 0. The van der Waals surface area contributed by atoms with E-state index in [9.17, 15) is 0 Å². The molecular formula is C49H29N3S2. The Morgan fingerprint density at radius 1 is 0.296 bits per heavy atom. The van der Waals surface area contributed by atoms with E-state index in [1.54, 1.807) is 0 Å². The third kappa shape index (κ3) is 5.20. The van der Waals surface area contributed by atoms with E-state index in [0.717, 1.165) is 33.2 Å². The summed E-state index contributed by atoms with van der Waals surface area (Å²) in [6.45, 7) is 0. The van der Waals surface area contributed by atoms with Gasteiger partial charge in [-0.15, -0.1) is 22.7 Å². The average Bonchev–Trinajstić information content (AvgIpc) is 3.82. The van der Waals surface area contributed by atoms with Crippen molar-refractivity contribution < 1.29 is 0 Å². The standard InChI is InChI=1S/C49H29N3S2/c1-2-13-31(14-3-1)47-50-48(33-25-24-30-12-4-5-15-32(30)26-33)52-49(51-47)36-28-34(37-18-10-20-41-39-16-6-8-22-43(39)53-45(37)41)27-35(29-36)38-19-11-21-42-40-17-7-9-23-44(40)54-46(38)42/h1-29H. The molecule has 11 rings (SSSR count). The van der Waals surface area contributed by atoms with Crippen LogP contribution in [0.15, 0.2) is 176 Å². The monoisotopic (exact) mass is 723 g/mol. The van der Waals surface area contributed by atoms with E-state index >= 15 is 0 Å². The number of hydrogen-bond donors (Lipinski definition) is 0. The minimum absolute atomic E-state index is 0.641. The second-order valence-corrected chi connectivity index (χ2v) is 15.7. The quantitative estimate of drug-likeness (QED) is 0.177. The van der Waals surface area contributed by atoms with E-state index in [1.807, 2.05) is 40.9 Å². The van der Waals surface area contributed by atoms with Gasteiger partial charge in [-0.05, 0) is 69.4 Å². The van der Waals surface area contributed by atoms with Gasteiger partial charge in [0.2, 0.25) is 0 Å². The minimum Gasteiger partial charge on any atom is -0.208 e. The number of thiophene rings is 2. The summed E-state index contributed by atoms with van der Waals surface area (Å²) in [7, 11) is 0. The van der Waals surface area contributed by atoms with Gasteiger partial charge < -0.3 is 0 Å². The summed E-state index contributed by atoms with van der Waals surface area (Å²) < 4.78 is 5.13. The van der Waals surface area contributed by atoms with Crippen LogP contribution in [-0.4, -0.2) is 15.0 Å². The fourth-order valence-electron chi connectivity index (χ4n) is 7.70. The Hall–Kier alpha value is -6.53. The molecule has 3 nitrogen and oxygen atoms in total. The fraction of sp³-hybridized carbons (Fsp3) is 0. The van der Waals surface area contributed by atoms with E-state index in [4.69, 9.17) is 15.0 Å². The lowest BCUT2D eigenvalue weighted by Crippen LogP contribution is -2.00. The topological polar surface area (TPSA) is 38.7 Å². The average molecular weight is 724 g/mol. The van der Waals surface area contributed by atoms with E-state index in [0.29, 0.717) is 17.5 Å². The van der Waals surface area contributed by atoms with Crippen molar-refractivity contribution in [1.29, 1.82) is 0 Å². The van der Waals surface area contributed by atoms with Crippen LogP contribution in [-0.2, 0) is 0 Å². The van der Waals surface area contributed by atoms with Crippen LogP contribution in [0.4, 0.5) is 0 Å². The van der Waals surface area contributed by atoms with Gasteiger partial charge >= 0.3 is 0 Å². The molecular weight excluding hydrogens is 695 g/mol. The zero-order valence-electron chi connectivity index (χ0n) is 28.9. The van der Waals surface area contributed by atoms with Crippen LogP contribution in [0, 0.1) is 0 Å². The number of nitrogens with zero attached hydrogens (tertiary/aromatic N) is 3. The molecule has 252 valence electrons. The van der Waals surface area contributed by atoms with Gasteiger partial charge in [-0.1, -0.05) is 140 Å². The first-order valence-electron chi connectivity index (χ1n) is 18.0. The van der Waals surface area contributed by atoms with E-state index in [1.165, 1.54) is 56.9 Å². The summed E-state index contributed by atoms with van der Waals surface area (Å²) in [5.74, 6) is 1.94. The predicted octanol–water partition coefficient (Wildman–Crippen LogP) is 14.1. The Morgan fingerprint density at radius 3 is 1.41 bits per heavy atom. The third-order valence-corrected chi connectivity index (χ3v) is 12.7. The molecule has 0 unspecified atom stereocenters. The van der Waals surface area contributed by atoms with Gasteiger partial charge in [0.15, 0.2) is 17.5 Å². The minimum atomic E-state index is 0.641. The highest BCUT2D eigenvalue weighted by atomic mass is 32.1. The molecule has 0 aliphatic carbocycles. The molecule has 3 heterocycles. The van der Waals surface area contributed by atoms with Crippen molar-refractivity contribution >= 4 is 73.8 Å². The lowest BCUT2D eigenvalue weighted by Gasteiger charge is -2.13. The smallest absolute Gasteiger partial charge is 0.164 e. The molecule has 0 bridgehead atoms. The summed E-state index contributed by atoms with van der Waals surface area (Å²) in [6, 6.07) is 62.7. The molecule has 0 amide bonds. The molecule has 5 heteroatoms. The summed E-state index contributed by atoms with van der Waals surface area (Å²) in [5.41, 5.74) is 7.51. The molecule has 0 aliphatic rings. The van der Waals surface area contributed by atoms with Crippen LogP contribution in [0.1, 0.15) is 0 Å². The van der Waals surface area contributed by atoms with Crippen LogP contribution in [0.3, 0.4) is 0 Å². The summed E-state index contributed by atoms with van der Waals surface area (Å²) in [4.78, 5) is 15.5. The van der Waals surface area contributed by atoms with Crippen LogP contribution < -0.4 is 0 Å². The molecule has 3 aromatic heterocycles. The Kier molecular flexibility index (Phi) is 7.22. The van der Waals surface area contributed by atoms with E-state index in [2.05, 4.69) is 158 Å². The summed E-state index contributed by atoms with van der Waals surface area (Å²) in [5, 5.41) is 7.46. The number of benzene rings is 8. The molecule has 11 aromatic rings. The maximum atomic E-state index is 5.25. The normalized spacial score (nSPS) is 11.7. The first-order valence-corrected chi connectivity index (χ1v) is 19.6. The van der Waals surface area contributed by atoms with Crippen molar-refractivity contribution in [2.24, 2.45) is 0 Å². The molecule has 8 aromatic carbocycles. The fourth-order valence-corrected chi connectivity index (χ4v) is 10.2. The van der Waals surface area contributed by atoms with Crippen LogP contribution in [0.25, 0.3) is 108 Å². The van der Waals surface area contributed by atoms with Crippen molar-refractivity contribution in [3.05, 3.63) is 176 Å². The Morgan fingerprint density at radius 2 is 0.778 bits per heavy atom. The largest absolute Gasteiger partial charge is 0.208 e. The highest BCUT2D eigenvalue weighted by Gasteiger charge is 2.18. The van der Waals surface area contributed by atoms with Gasteiger partial charge in [0.1, 0.15) is 0 Å². The van der Waals surface area contributed by atoms with Crippen molar-refractivity contribution in [1.82, 2.24) is 15.0 Å². The molecule has 0 fully saturated rings. The number of rotatable bonds is 5. The molecule has 0 saturated heterocycles. The van der Waals surface area contributed by atoms with Gasteiger partial charge in [-0.25, -0.2) is 15.0 Å². The number of aromatic nitrogens is 3. The van der Waals surface area contributed by atoms with Gasteiger partial charge in [0.05, 0.1) is 0 Å². The van der Waals surface area contributed by atoms with Crippen molar-refractivity contribution in [2.45, 2.75) is 0 Å². The second kappa shape index (κ2) is 12.6. The predicted molar refractivity (Wildman–Crippen MR) is 230 cm³/mol. The molecule has 54 heavy (non-hydrogen) atoms. The first kappa shape index (κ1) is 31.0.